The van der Waals surface area contributed by atoms with Crippen molar-refractivity contribution in [2.45, 2.75) is 38.5 Å². The Morgan fingerprint density at radius 3 is 2.27 bits per heavy atom. The van der Waals surface area contributed by atoms with Gasteiger partial charge in [-0.2, -0.15) is 0 Å². The standard InChI is InChI=1S/C21H22N2O3/c24-19(21-8-13-5-14(9-21)7-15(6-13)10-21)12-26-20(25)18-11-22-16-3-1-2-4-17(16)23-18/h1-4,11,13-15H,5-10,12H2. The first-order valence-electron chi connectivity index (χ1n) is 9.53. The summed E-state index contributed by atoms with van der Waals surface area (Å²) in [6.45, 7) is -0.139. The van der Waals surface area contributed by atoms with Crippen molar-refractivity contribution in [3.8, 4) is 0 Å². The maximum Gasteiger partial charge on any atom is 0.359 e. The highest BCUT2D eigenvalue weighted by Crippen LogP contribution is 2.60. The van der Waals surface area contributed by atoms with E-state index in [-0.39, 0.29) is 23.5 Å². The molecule has 4 fully saturated rings. The summed E-state index contributed by atoms with van der Waals surface area (Å²) in [5.41, 5.74) is 1.30. The second-order valence-corrected chi connectivity index (χ2v) is 8.44. The zero-order valence-corrected chi connectivity index (χ0v) is 14.7. The quantitative estimate of drug-likeness (QED) is 0.789. The predicted octanol–water partition coefficient (Wildman–Crippen LogP) is 3.57. The molecule has 1 heterocycles. The van der Waals surface area contributed by atoms with E-state index in [0.717, 1.165) is 24.8 Å². The lowest BCUT2D eigenvalue weighted by Crippen LogP contribution is -2.51. The van der Waals surface area contributed by atoms with Gasteiger partial charge in [0.2, 0.25) is 0 Å². The number of hydrogen-bond donors (Lipinski definition) is 0. The van der Waals surface area contributed by atoms with E-state index in [0.29, 0.717) is 23.3 Å². The molecule has 2 aromatic rings. The summed E-state index contributed by atoms with van der Waals surface area (Å²) in [6, 6.07) is 7.37. The van der Waals surface area contributed by atoms with E-state index in [1.165, 1.54) is 25.5 Å². The average Bonchev–Trinajstić information content (AvgIpc) is 2.64. The number of carbonyl (C=O) groups is 2. The molecule has 0 N–H and O–H groups in total. The molecule has 1 aromatic heterocycles. The van der Waals surface area contributed by atoms with Gasteiger partial charge in [-0.05, 0) is 68.4 Å². The van der Waals surface area contributed by atoms with E-state index in [9.17, 15) is 9.59 Å². The second-order valence-electron chi connectivity index (χ2n) is 8.44. The van der Waals surface area contributed by atoms with Crippen LogP contribution in [0.4, 0.5) is 0 Å². The van der Waals surface area contributed by atoms with Gasteiger partial charge in [0.1, 0.15) is 0 Å². The summed E-state index contributed by atoms with van der Waals surface area (Å²) in [7, 11) is 0. The Labute approximate surface area is 152 Å². The zero-order chi connectivity index (χ0) is 17.7. The van der Waals surface area contributed by atoms with Crippen LogP contribution in [0.3, 0.4) is 0 Å². The number of benzene rings is 1. The highest BCUT2D eigenvalue weighted by Gasteiger charge is 2.54. The van der Waals surface area contributed by atoms with Crippen LogP contribution in [-0.4, -0.2) is 28.3 Å². The molecule has 0 radical (unpaired) electrons. The second kappa shape index (κ2) is 5.86. The number of ketones is 1. The molecule has 4 aliphatic carbocycles. The molecule has 0 spiro atoms. The van der Waals surface area contributed by atoms with Crippen molar-refractivity contribution in [1.29, 1.82) is 0 Å². The Bertz CT molecular complexity index is 856. The molecule has 0 aliphatic heterocycles. The lowest BCUT2D eigenvalue weighted by Gasteiger charge is -2.55. The van der Waals surface area contributed by atoms with Crippen LogP contribution in [0, 0.1) is 23.2 Å². The van der Waals surface area contributed by atoms with Crippen LogP contribution in [0.5, 0.6) is 0 Å². The van der Waals surface area contributed by atoms with E-state index in [4.69, 9.17) is 4.74 Å². The van der Waals surface area contributed by atoms with Gasteiger partial charge >= 0.3 is 5.97 Å². The number of fused-ring (bicyclic) bond motifs is 1. The summed E-state index contributed by atoms with van der Waals surface area (Å²) in [6.07, 6.45) is 8.26. The lowest BCUT2D eigenvalue weighted by molar-refractivity contribution is -0.147. The van der Waals surface area contributed by atoms with Crippen molar-refractivity contribution < 1.29 is 14.3 Å². The van der Waals surface area contributed by atoms with Crippen LogP contribution < -0.4 is 0 Å². The van der Waals surface area contributed by atoms with Crippen LogP contribution in [0.15, 0.2) is 30.5 Å². The van der Waals surface area contributed by atoms with E-state index in [1.54, 1.807) is 6.07 Å². The smallest absolute Gasteiger partial charge is 0.359 e. The van der Waals surface area contributed by atoms with Gasteiger partial charge in [-0.3, -0.25) is 9.78 Å². The van der Waals surface area contributed by atoms with Gasteiger partial charge in [-0.1, -0.05) is 12.1 Å². The van der Waals surface area contributed by atoms with Crippen molar-refractivity contribution in [1.82, 2.24) is 9.97 Å². The topological polar surface area (TPSA) is 69.2 Å². The van der Waals surface area contributed by atoms with Gasteiger partial charge in [-0.15, -0.1) is 0 Å². The van der Waals surface area contributed by atoms with Crippen LogP contribution in [0.25, 0.3) is 11.0 Å². The van der Waals surface area contributed by atoms with Crippen molar-refractivity contribution in [2.24, 2.45) is 23.2 Å². The first kappa shape index (κ1) is 15.9. The Kier molecular flexibility index (Phi) is 3.59. The van der Waals surface area contributed by atoms with Gasteiger partial charge in [0, 0.05) is 5.41 Å². The average molecular weight is 350 g/mol. The number of hydrogen-bond acceptors (Lipinski definition) is 5. The van der Waals surface area contributed by atoms with Gasteiger partial charge in [0.25, 0.3) is 0 Å². The van der Waals surface area contributed by atoms with Crippen LogP contribution in [0.2, 0.25) is 0 Å². The molecule has 5 nitrogen and oxygen atoms in total. The Hall–Kier alpha value is -2.30. The van der Waals surface area contributed by atoms with Gasteiger partial charge in [0.05, 0.1) is 17.2 Å². The third-order valence-corrected chi connectivity index (χ3v) is 6.62. The summed E-state index contributed by atoms with van der Waals surface area (Å²) < 4.78 is 5.34. The SMILES string of the molecule is O=C(OCC(=O)C12CC3CC(CC(C3)C1)C2)c1cnc2ccccc2n1. The number of nitrogens with zero attached hydrogens (tertiary/aromatic N) is 2. The van der Waals surface area contributed by atoms with Crippen molar-refractivity contribution in [3.63, 3.8) is 0 Å². The van der Waals surface area contributed by atoms with Crippen LogP contribution >= 0.6 is 0 Å². The number of para-hydroxylation sites is 2. The minimum atomic E-state index is -0.568. The minimum Gasteiger partial charge on any atom is -0.453 e. The monoisotopic (exact) mass is 350 g/mol. The van der Waals surface area contributed by atoms with Crippen LogP contribution in [-0.2, 0) is 9.53 Å². The molecular formula is C21H22N2O3. The summed E-state index contributed by atoms with van der Waals surface area (Å²) in [5, 5.41) is 0. The molecule has 1 aromatic carbocycles. The van der Waals surface area contributed by atoms with E-state index >= 15 is 0 Å². The first-order chi connectivity index (χ1) is 12.6. The molecular weight excluding hydrogens is 328 g/mol. The van der Waals surface area contributed by atoms with Crippen molar-refractivity contribution >= 4 is 22.8 Å². The summed E-state index contributed by atoms with van der Waals surface area (Å²) >= 11 is 0. The number of esters is 1. The maximum absolute atomic E-state index is 12.9. The molecule has 0 amide bonds. The molecule has 134 valence electrons. The van der Waals surface area contributed by atoms with E-state index in [1.807, 2.05) is 18.2 Å². The molecule has 4 bridgehead atoms. The third kappa shape index (κ3) is 2.61. The number of ether oxygens (including phenoxy) is 1. The predicted molar refractivity (Wildman–Crippen MR) is 95.4 cm³/mol. The molecule has 0 saturated heterocycles. The molecule has 5 heteroatoms. The van der Waals surface area contributed by atoms with Gasteiger partial charge in [0.15, 0.2) is 18.1 Å². The fraction of sp³-hybridized carbons (Fsp3) is 0.524. The fourth-order valence-electron chi connectivity index (χ4n) is 5.87. The number of carbonyl (C=O) groups excluding carboxylic acids is 2. The zero-order valence-electron chi connectivity index (χ0n) is 14.7. The number of Topliss-reactive ketones (excluding diaryl/α,β-unsaturated/α-hetero) is 1. The van der Waals surface area contributed by atoms with E-state index in [2.05, 4.69) is 9.97 Å². The minimum absolute atomic E-state index is 0.110. The maximum atomic E-state index is 12.9. The molecule has 26 heavy (non-hydrogen) atoms. The normalized spacial score (nSPS) is 31.9. The van der Waals surface area contributed by atoms with Crippen molar-refractivity contribution in [2.75, 3.05) is 6.61 Å². The molecule has 0 unspecified atom stereocenters. The highest BCUT2D eigenvalue weighted by molar-refractivity contribution is 5.93. The lowest BCUT2D eigenvalue weighted by atomic mass is 9.48. The van der Waals surface area contributed by atoms with E-state index < -0.39 is 5.97 Å². The van der Waals surface area contributed by atoms with Gasteiger partial charge in [-0.25, -0.2) is 9.78 Å². The summed E-state index contributed by atoms with van der Waals surface area (Å²) in [5.74, 6) is 1.65. The molecule has 4 aliphatic rings. The molecule has 4 saturated carbocycles. The number of rotatable bonds is 4. The van der Waals surface area contributed by atoms with Crippen molar-refractivity contribution in [3.05, 3.63) is 36.2 Å². The summed E-state index contributed by atoms with van der Waals surface area (Å²) in [4.78, 5) is 33.8. The highest BCUT2D eigenvalue weighted by atomic mass is 16.5. The largest absolute Gasteiger partial charge is 0.453 e. The first-order valence-corrected chi connectivity index (χ1v) is 9.53. The number of aromatic nitrogens is 2. The molecule has 6 rings (SSSR count). The fourth-order valence-corrected chi connectivity index (χ4v) is 5.87. The molecule has 0 atom stereocenters. The van der Waals surface area contributed by atoms with Crippen LogP contribution in [0.1, 0.15) is 49.0 Å². The third-order valence-electron chi connectivity index (χ3n) is 6.62. The Morgan fingerprint density at radius 1 is 1.00 bits per heavy atom. The van der Waals surface area contributed by atoms with Gasteiger partial charge < -0.3 is 4.74 Å². The Morgan fingerprint density at radius 2 is 1.62 bits per heavy atom. The Balaban J connectivity index is 1.28.